The largest absolute Gasteiger partial charge is 0.507 e. The van der Waals surface area contributed by atoms with Gasteiger partial charge in [-0.25, -0.2) is 4.79 Å². The predicted molar refractivity (Wildman–Crippen MR) is 138 cm³/mol. The minimum absolute atomic E-state index is 0.0623. The number of hydrogen-bond donors (Lipinski definition) is 1. The molecule has 1 fully saturated rings. The molecule has 1 saturated heterocycles. The molecule has 0 unspecified atom stereocenters. The molecular weight excluding hydrogens is 456 g/mol. The van der Waals surface area contributed by atoms with Crippen LogP contribution in [-0.2, 0) is 13.1 Å². The maximum Gasteiger partial charge on any atom is 0.344 e. The third-order valence-electron chi connectivity index (χ3n) is 7.73. The molecule has 0 aliphatic carbocycles. The molecule has 6 rings (SSSR count). The fraction of sp³-hybridized carbons (Fsp3) is 0.310. The number of methoxy groups -OCH3 is 1. The third kappa shape index (κ3) is 3.71. The smallest absolute Gasteiger partial charge is 0.344 e. The number of fused-ring (bicyclic) bond motifs is 5. The van der Waals surface area contributed by atoms with E-state index < -0.39 is 5.63 Å². The monoisotopic (exact) mass is 484 g/mol. The zero-order chi connectivity index (χ0) is 25.0. The molecule has 0 radical (unpaired) electrons. The first kappa shape index (κ1) is 22.6. The lowest BCUT2D eigenvalue weighted by atomic mass is 9.83. The molecule has 1 N–H and O–H groups in total. The number of nitrogens with zero attached hydrogens (tertiary/aromatic N) is 2. The Morgan fingerprint density at radius 2 is 1.83 bits per heavy atom. The highest BCUT2D eigenvalue weighted by atomic mass is 16.5. The van der Waals surface area contributed by atoms with Gasteiger partial charge < -0.3 is 18.8 Å². The summed E-state index contributed by atoms with van der Waals surface area (Å²) in [5, 5.41) is 11.6. The fourth-order valence-electron chi connectivity index (χ4n) is 6.05. The molecule has 4 heterocycles. The van der Waals surface area contributed by atoms with Crippen LogP contribution < -0.4 is 15.9 Å². The number of aryl methyl sites for hydroxylation is 1. The van der Waals surface area contributed by atoms with Crippen LogP contribution in [-0.4, -0.2) is 34.8 Å². The molecule has 7 heteroatoms. The van der Waals surface area contributed by atoms with Crippen molar-refractivity contribution in [1.82, 2.24) is 9.47 Å². The van der Waals surface area contributed by atoms with Crippen molar-refractivity contribution in [3.05, 3.63) is 92.2 Å². The Kier molecular flexibility index (Phi) is 5.45. The van der Waals surface area contributed by atoms with E-state index in [1.54, 1.807) is 19.2 Å². The summed E-state index contributed by atoms with van der Waals surface area (Å²) in [5.41, 5.74) is 3.86. The molecule has 4 aromatic rings. The van der Waals surface area contributed by atoms with Crippen molar-refractivity contribution in [3.8, 4) is 22.6 Å². The van der Waals surface area contributed by atoms with E-state index in [9.17, 15) is 14.7 Å². The lowest BCUT2D eigenvalue weighted by Crippen LogP contribution is -2.46. The van der Waals surface area contributed by atoms with Crippen LogP contribution in [0.15, 0.2) is 68.6 Å². The molecule has 36 heavy (non-hydrogen) atoms. The molecule has 2 aromatic heterocycles. The molecular formula is C29H28N2O5. The van der Waals surface area contributed by atoms with E-state index in [0.29, 0.717) is 41.5 Å². The van der Waals surface area contributed by atoms with Gasteiger partial charge in [0.25, 0.3) is 5.56 Å². The number of hydrogen-bond acceptors (Lipinski definition) is 6. The van der Waals surface area contributed by atoms with Gasteiger partial charge in [0, 0.05) is 49.2 Å². The first-order valence-electron chi connectivity index (χ1n) is 12.3. The van der Waals surface area contributed by atoms with E-state index in [-0.39, 0.29) is 17.2 Å². The number of phenolic OH excluding ortho intramolecular Hbond substituents is 1. The van der Waals surface area contributed by atoms with Gasteiger partial charge in [-0.15, -0.1) is 0 Å². The van der Waals surface area contributed by atoms with Gasteiger partial charge in [0.05, 0.1) is 18.2 Å². The second-order valence-corrected chi connectivity index (χ2v) is 9.95. The van der Waals surface area contributed by atoms with Crippen molar-refractivity contribution in [1.29, 1.82) is 0 Å². The Bertz CT molecular complexity index is 1580. The molecule has 7 nitrogen and oxygen atoms in total. The summed E-state index contributed by atoms with van der Waals surface area (Å²) in [7, 11) is 1.60. The van der Waals surface area contributed by atoms with E-state index in [0.717, 1.165) is 41.7 Å². The number of likely N-dealkylation sites (tertiary alicyclic amines) is 1. The average Bonchev–Trinajstić information content (AvgIpc) is 2.87. The Labute approximate surface area is 208 Å². The lowest BCUT2D eigenvalue weighted by Gasteiger charge is -2.42. The van der Waals surface area contributed by atoms with Gasteiger partial charge in [0.15, 0.2) is 0 Å². The number of aromatic nitrogens is 1. The summed E-state index contributed by atoms with van der Waals surface area (Å²) in [4.78, 5) is 27.8. The number of ether oxygens (including phenoxy) is 1. The van der Waals surface area contributed by atoms with E-state index >= 15 is 0 Å². The van der Waals surface area contributed by atoms with Crippen LogP contribution in [0.1, 0.15) is 29.2 Å². The molecule has 0 saturated carbocycles. The number of benzene rings is 2. The van der Waals surface area contributed by atoms with Crippen molar-refractivity contribution >= 4 is 11.0 Å². The maximum atomic E-state index is 13.2. The molecule has 2 aliphatic rings. The van der Waals surface area contributed by atoms with E-state index in [4.69, 9.17) is 9.15 Å². The minimum atomic E-state index is -0.430. The van der Waals surface area contributed by atoms with E-state index in [1.807, 2.05) is 54.0 Å². The van der Waals surface area contributed by atoms with Gasteiger partial charge >= 0.3 is 5.63 Å². The molecule has 0 amide bonds. The van der Waals surface area contributed by atoms with Crippen molar-refractivity contribution in [2.75, 3.05) is 20.2 Å². The van der Waals surface area contributed by atoms with Crippen molar-refractivity contribution < 1.29 is 14.3 Å². The maximum absolute atomic E-state index is 13.2. The summed E-state index contributed by atoms with van der Waals surface area (Å²) in [5.74, 6) is 1.46. The molecule has 184 valence electrons. The Morgan fingerprint density at radius 3 is 2.61 bits per heavy atom. The highest BCUT2D eigenvalue weighted by Gasteiger charge is 2.35. The SMILES string of the molecule is COc1ccc(-c2c(C)c3ccc(O)c(CN4C[C@@H]5C[C@@H](C4)c4cccc(=O)n4C5)c3oc2=O)cc1. The van der Waals surface area contributed by atoms with Crippen LogP contribution in [0.4, 0.5) is 0 Å². The Balaban J connectivity index is 1.37. The number of phenols is 1. The minimum Gasteiger partial charge on any atom is -0.507 e. The highest BCUT2D eigenvalue weighted by Crippen LogP contribution is 2.38. The zero-order valence-corrected chi connectivity index (χ0v) is 20.4. The van der Waals surface area contributed by atoms with Gasteiger partial charge in [0.2, 0.25) is 0 Å². The lowest BCUT2D eigenvalue weighted by molar-refractivity contribution is 0.113. The number of piperidine rings is 1. The number of rotatable bonds is 4. The number of pyridine rings is 1. The number of aromatic hydroxyl groups is 1. The molecule has 2 aliphatic heterocycles. The zero-order valence-electron chi connectivity index (χ0n) is 20.4. The van der Waals surface area contributed by atoms with Crippen LogP contribution in [0.2, 0.25) is 0 Å². The summed E-state index contributed by atoms with van der Waals surface area (Å²) in [6, 6.07) is 16.3. The van der Waals surface area contributed by atoms with Crippen LogP contribution in [0.3, 0.4) is 0 Å². The second-order valence-electron chi connectivity index (χ2n) is 9.95. The summed E-state index contributed by atoms with van der Waals surface area (Å²) < 4.78 is 13.0. The predicted octanol–water partition coefficient (Wildman–Crippen LogP) is 4.26. The van der Waals surface area contributed by atoms with Crippen molar-refractivity contribution in [2.24, 2.45) is 5.92 Å². The van der Waals surface area contributed by atoms with Crippen LogP contribution in [0.5, 0.6) is 11.5 Å². The van der Waals surface area contributed by atoms with Gasteiger partial charge in [-0.3, -0.25) is 9.69 Å². The standard InChI is InChI=1S/C29H28N2O5/c1-17-22-10-11-25(32)23(28(22)36-29(34)27(17)19-6-8-21(35-2)9-7-19)16-30-13-18-12-20(15-30)24-4-3-5-26(33)31(24)14-18/h3-11,18,20,32H,12-16H2,1-2H3/t18-,20-/m0/s1. The van der Waals surface area contributed by atoms with Crippen LogP contribution in [0, 0.1) is 12.8 Å². The van der Waals surface area contributed by atoms with Crippen LogP contribution >= 0.6 is 0 Å². The summed E-state index contributed by atoms with van der Waals surface area (Å²) in [6.45, 7) is 4.70. The fourth-order valence-corrected chi connectivity index (χ4v) is 6.05. The Hall–Kier alpha value is -3.84. The average molecular weight is 485 g/mol. The first-order valence-corrected chi connectivity index (χ1v) is 12.3. The van der Waals surface area contributed by atoms with Crippen molar-refractivity contribution in [2.45, 2.75) is 32.4 Å². The van der Waals surface area contributed by atoms with Gasteiger partial charge in [-0.1, -0.05) is 18.2 Å². The summed E-state index contributed by atoms with van der Waals surface area (Å²) >= 11 is 0. The van der Waals surface area contributed by atoms with Gasteiger partial charge in [0.1, 0.15) is 17.1 Å². The molecule has 2 atom stereocenters. The quantitative estimate of drug-likeness (QED) is 0.436. The molecule has 2 aromatic carbocycles. The van der Waals surface area contributed by atoms with E-state index in [2.05, 4.69) is 4.90 Å². The van der Waals surface area contributed by atoms with E-state index in [1.165, 1.54) is 0 Å². The third-order valence-corrected chi connectivity index (χ3v) is 7.73. The first-order chi connectivity index (χ1) is 17.4. The van der Waals surface area contributed by atoms with Gasteiger partial charge in [-0.05, 0) is 60.7 Å². The normalized spacial score (nSPS) is 19.3. The molecule has 0 spiro atoms. The second kappa shape index (κ2) is 8.68. The highest BCUT2D eigenvalue weighted by molar-refractivity contribution is 5.89. The van der Waals surface area contributed by atoms with Crippen LogP contribution in [0.25, 0.3) is 22.1 Å². The molecule has 2 bridgehead atoms. The Morgan fingerprint density at radius 1 is 1.03 bits per heavy atom. The summed E-state index contributed by atoms with van der Waals surface area (Å²) in [6.07, 6.45) is 1.06. The van der Waals surface area contributed by atoms with Gasteiger partial charge in [-0.2, -0.15) is 0 Å². The van der Waals surface area contributed by atoms with Crippen molar-refractivity contribution in [3.63, 3.8) is 0 Å². The topological polar surface area (TPSA) is 84.9 Å².